The van der Waals surface area contributed by atoms with Gasteiger partial charge in [-0.3, -0.25) is 4.84 Å². The highest BCUT2D eigenvalue weighted by Crippen LogP contribution is 2.00. The molecule has 1 heterocycles. The number of aromatic amines is 1. The van der Waals surface area contributed by atoms with Crippen molar-refractivity contribution in [2.75, 3.05) is 20.3 Å². The first-order valence-electron chi connectivity index (χ1n) is 3.78. The summed E-state index contributed by atoms with van der Waals surface area (Å²) in [6.07, 6.45) is 2.45. The van der Waals surface area contributed by atoms with Crippen molar-refractivity contribution in [3.8, 4) is 0 Å². The van der Waals surface area contributed by atoms with Crippen LogP contribution >= 0.6 is 0 Å². The van der Waals surface area contributed by atoms with E-state index in [1.807, 2.05) is 4.89 Å². The standard InChI is InChI=1S/C6H11N3O4S/c1-12-2-3-13-9-14(10,11)6-4-7-5-8-6/h4-5,9H,2-3H2,1H3,(H,7,8). The van der Waals surface area contributed by atoms with Gasteiger partial charge in [0.2, 0.25) is 0 Å². The van der Waals surface area contributed by atoms with E-state index in [0.29, 0.717) is 6.61 Å². The van der Waals surface area contributed by atoms with Crippen LogP contribution in [0.5, 0.6) is 0 Å². The van der Waals surface area contributed by atoms with Gasteiger partial charge >= 0.3 is 0 Å². The van der Waals surface area contributed by atoms with Crippen LogP contribution in [0.1, 0.15) is 0 Å². The van der Waals surface area contributed by atoms with Crippen LogP contribution in [0.15, 0.2) is 17.6 Å². The number of nitrogens with one attached hydrogen (secondary N) is 2. The number of hydrogen-bond donors (Lipinski definition) is 2. The number of rotatable bonds is 6. The highest BCUT2D eigenvalue weighted by atomic mass is 32.2. The largest absolute Gasteiger partial charge is 0.382 e. The molecule has 1 rings (SSSR count). The lowest BCUT2D eigenvalue weighted by molar-refractivity contribution is 0.0437. The van der Waals surface area contributed by atoms with Gasteiger partial charge in [0.1, 0.15) is 0 Å². The Kier molecular flexibility index (Phi) is 4.01. The smallest absolute Gasteiger partial charge is 0.279 e. The molecule has 0 fully saturated rings. The van der Waals surface area contributed by atoms with Crippen LogP contribution in [0.4, 0.5) is 0 Å². The summed E-state index contributed by atoms with van der Waals surface area (Å²) >= 11 is 0. The molecular formula is C6H11N3O4S. The topological polar surface area (TPSA) is 93.3 Å². The van der Waals surface area contributed by atoms with Crippen LogP contribution in [-0.2, 0) is 19.6 Å². The van der Waals surface area contributed by atoms with Gasteiger partial charge in [-0.2, -0.15) is 0 Å². The predicted octanol–water partition coefficient (Wildman–Crippen LogP) is -0.734. The van der Waals surface area contributed by atoms with Crippen molar-refractivity contribution in [3.05, 3.63) is 12.5 Å². The van der Waals surface area contributed by atoms with Gasteiger partial charge in [0.05, 0.1) is 25.7 Å². The number of ether oxygens (including phenoxy) is 1. The molecule has 0 aromatic carbocycles. The quantitative estimate of drug-likeness (QED) is 0.487. The summed E-state index contributed by atoms with van der Waals surface area (Å²) in [5, 5.41) is -0.0464. The lowest BCUT2D eigenvalue weighted by atomic mass is 10.8. The number of methoxy groups -OCH3 is 1. The maximum atomic E-state index is 11.3. The molecular weight excluding hydrogens is 210 g/mol. The first-order chi connectivity index (χ1) is 6.67. The minimum absolute atomic E-state index is 0.0464. The number of aromatic nitrogens is 2. The van der Waals surface area contributed by atoms with Crippen LogP contribution in [0.2, 0.25) is 0 Å². The van der Waals surface area contributed by atoms with E-state index in [1.165, 1.54) is 19.6 Å². The molecule has 2 N–H and O–H groups in total. The summed E-state index contributed by atoms with van der Waals surface area (Å²) in [5.41, 5.74) is 0. The molecule has 14 heavy (non-hydrogen) atoms. The average Bonchev–Trinajstić information content (AvgIpc) is 2.65. The van der Waals surface area contributed by atoms with Crippen molar-refractivity contribution in [3.63, 3.8) is 0 Å². The number of hydrogen-bond acceptors (Lipinski definition) is 5. The molecule has 0 unspecified atom stereocenters. The fourth-order valence-corrected chi connectivity index (χ4v) is 1.41. The number of nitrogens with zero attached hydrogens (tertiary/aromatic N) is 1. The van der Waals surface area contributed by atoms with E-state index in [-0.39, 0.29) is 11.6 Å². The third kappa shape index (κ3) is 3.07. The van der Waals surface area contributed by atoms with Crippen LogP contribution in [0.25, 0.3) is 0 Å². The van der Waals surface area contributed by atoms with Crippen LogP contribution in [-0.4, -0.2) is 38.7 Å². The minimum atomic E-state index is -3.64. The van der Waals surface area contributed by atoms with Crippen LogP contribution in [0, 0.1) is 0 Å². The molecule has 0 aliphatic carbocycles. The lowest BCUT2D eigenvalue weighted by Crippen LogP contribution is -2.25. The minimum Gasteiger partial charge on any atom is -0.382 e. The SMILES string of the molecule is COCCONS(=O)(=O)c1cnc[nH]1. The number of sulfonamides is 1. The highest BCUT2D eigenvalue weighted by molar-refractivity contribution is 7.89. The third-order valence-corrected chi connectivity index (χ3v) is 2.46. The molecule has 7 nitrogen and oxygen atoms in total. The monoisotopic (exact) mass is 221 g/mol. The van der Waals surface area contributed by atoms with Gasteiger partial charge in [-0.1, -0.05) is 4.89 Å². The second-order valence-electron chi connectivity index (χ2n) is 2.34. The Labute approximate surface area is 81.4 Å². The molecule has 0 amide bonds. The zero-order chi connectivity index (χ0) is 10.4. The van der Waals surface area contributed by atoms with Gasteiger partial charge in [-0.25, -0.2) is 13.4 Å². The van der Waals surface area contributed by atoms with Gasteiger partial charge < -0.3 is 9.72 Å². The van der Waals surface area contributed by atoms with E-state index >= 15 is 0 Å². The molecule has 1 aromatic rings. The summed E-state index contributed by atoms with van der Waals surface area (Å²) in [4.78, 5) is 12.6. The third-order valence-electron chi connectivity index (χ3n) is 1.32. The number of imidazole rings is 1. The Morgan fingerprint density at radius 3 is 2.93 bits per heavy atom. The summed E-state index contributed by atoms with van der Waals surface area (Å²) in [5.74, 6) is 0. The Hall–Kier alpha value is -0.960. The van der Waals surface area contributed by atoms with E-state index in [0.717, 1.165) is 0 Å². The van der Waals surface area contributed by atoms with Gasteiger partial charge in [-0.05, 0) is 0 Å². The van der Waals surface area contributed by atoms with Gasteiger partial charge in [-0.15, -0.1) is 0 Å². The Morgan fingerprint density at radius 1 is 1.57 bits per heavy atom. The second-order valence-corrected chi connectivity index (χ2v) is 3.96. The fourth-order valence-electron chi connectivity index (χ4n) is 0.679. The molecule has 8 heteroatoms. The first kappa shape index (κ1) is 11.1. The summed E-state index contributed by atoms with van der Waals surface area (Å²) in [6.45, 7) is 0.454. The first-order valence-corrected chi connectivity index (χ1v) is 5.26. The second kappa shape index (κ2) is 5.05. The van der Waals surface area contributed by atoms with E-state index in [2.05, 4.69) is 19.5 Å². The number of H-pyrrole nitrogens is 1. The Balaban J connectivity index is 2.44. The van der Waals surface area contributed by atoms with E-state index < -0.39 is 10.0 Å². The maximum absolute atomic E-state index is 11.3. The van der Waals surface area contributed by atoms with Crippen LogP contribution < -0.4 is 4.89 Å². The van der Waals surface area contributed by atoms with Crippen molar-refractivity contribution < 1.29 is 18.0 Å². The van der Waals surface area contributed by atoms with Gasteiger partial charge in [0.15, 0.2) is 5.03 Å². The van der Waals surface area contributed by atoms with Crippen molar-refractivity contribution in [2.45, 2.75) is 5.03 Å². The summed E-state index contributed by atoms with van der Waals surface area (Å²) < 4.78 is 27.3. The molecule has 0 saturated heterocycles. The zero-order valence-corrected chi connectivity index (χ0v) is 8.37. The molecule has 0 aliphatic rings. The molecule has 0 aliphatic heterocycles. The molecule has 0 radical (unpaired) electrons. The average molecular weight is 221 g/mol. The van der Waals surface area contributed by atoms with Crippen molar-refractivity contribution in [2.24, 2.45) is 0 Å². The van der Waals surface area contributed by atoms with Crippen molar-refractivity contribution in [1.29, 1.82) is 0 Å². The van der Waals surface area contributed by atoms with E-state index in [4.69, 9.17) is 0 Å². The molecule has 0 saturated carbocycles. The van der Waals surface area contributed by atoms with Crippen molar-refractivity contribution in [1.82, 2.24) is 14.9 Å². The highest BCUT2D eigenvalue weighted by Gasteiger charge is 2.14. The molecule has 0 spiro atoms. The zero-order valence-electron chi connectivity index (χ0n) is 7.56. The molecule has 80 valence electrons. The molecule has 0 bridgehead atoms. The Morgan fingerprint density at radius 2 is 2.36 bits per heavy atom. The van der Waals surface area contributed by atoms with Gasteiger partial charge in [0.25, 0.3) is 10.0 Å². The molecule has 1 aromatic heterocycles. The van der Waals surface area contributed by atoms with E-state index in [9.17, 15) is 8.42 Å². The normalized spacial score (nSPS) is 11.8. The maximum Gasteiger partial charge on any atom is 0.279 e. The summed E-state index contributed by atoms with van der Waals surface area (Å²) in [6, 6.07) is 0. The van der Waals surface area contributed by atoms with Gasteiger partial charge in [0, 0.05) is 7.11 Å². The summed E-state index contributed by atoms with van der Waals surface area (Å²) in [7, 11) is -2.15. The van der Waals surface area contributed by atoms with Crippen LogP contribution in [0.3, 0.4) is 0 Å². The van der Waals surface area contributed by atoms with E-state index in [1.54, 1.807) is 0 Å². The lowest BCUT2D eigenvalue weighted by Gasteiger charge is -2.04. The van der Waals surface area contributed by atoms with Crippen molar-refractivity contribution >= 4 is 10.0 Å². The Bertz CT molecular complexity index is 347. The predicted molar refractivity (Wildman–Crippen MR) is 46.7 cm³/mol. The molecule has 0 atom stereocenters. The fraction of sp³-hybridized carbons (Fsp3) is 0.500.